The molecule has 0 bridgehead atoms. The highest BCUT2D eigenvalue weighted by Gasteiger charge is 2.06. The van der Waals surface area contributed by atoms with Crippen molar-refractivity contribution in [3.63, 3.8) is 0 Å². The van der Waals surface area contributed by atoms with E-state index >= 15 is 0 Å². The van der Waals surface area contributed by atoms with Crippen molar-refractivity contribution in [2.45, 2.75) is 80.1 Å². The molecule has 0 amide bonds. The summed E-state index contributed by atoms with van der Waals surface area (Å²) >= 11 is 0. The smallest absolute Gasteiger partial charge is 0.0187 e. The van der Waals surface area contributed by atoms with Gasteiger partial charge < -0.3 is 0 Å². The highest BCUT2D eigenvalue weighted by Crippen LogP contribution is 2.22. The summed E-state index contributed by atoms with van der Waals surface area (Å²) in [6, 6.07) is 26.7. The van der Waals surface area contributed by atoms with Crippen LogP contribution in [0.15, 0.2) is 127 Å². The Balaban J connectivity index is 0.000000337. The summed E-state index contributed by atoms with van der Waals surface area (Å²) in [6.07, 6.45) is 19.8. The van der Waals surface area contributed by atoms with Crippen LogP contribution in [0.25, 0.3) is 6.08 Å². The van der Waals surface area contributed by atoms with Crippen molar-refractivity contribution in [2.75, 3.05) is 0 Å². The Hall–Kier alpha value is -3.77. The van der Waals surface area contributed by atoms with Crippen molar-refractivity contribution in [1.29, 1.82) is 0 Å². The second-order valence-corrected chi connectivity index (χ2v) is 10.2. The molecule has 0 spiro atoms. The Kier molecular flexibility index (Phi) is 17.3. The number of rotatable bonds is 9. The third-order valence-corrected chi connectivity index (χ3v) is 7.38. The first-order valence-corrected chi connectivity index (χ1v) is 14.9. The van der Waals surface area contributed by atoms with E-state index in [0.29, 0.717) is 5.92 Å². The second kappa shape index (κ2) is 20.2. The average molecular weight is 546 g/mol. The molecule has 0 fully saturated rings. The Morgan fingerprint density at radius 2 is 1.17 bits per heavy atom. The number of allylic oxidation sites excluding steroid dienone is 7. The molecule has 0 saturated heterocycles. The molecule has 0 radical (unpaired) electrons. The molecular formula is C41H53-. The molecule has 0 heterocycles. The van der Waals surface area contributed by atoms with Crippen LogP contribution in [0.3, 0.4) is 0 Å². The molecule has 0 nitrogen and oxygen atoms in total. The van der Waals surface area contributed by atoms with E-state index in [1.165, 1.54) is 57.4 Å². The second-order valence-electron chi connectivity index (χ2n) is 10.2. The summed E-state index contributed by atoms with van der Waals surface area (Å²) in [7, 11) is 0. The van der Waals surface area contributed by atoms with Crippen molar-refractivity contribution in [2.24, 2.45) is 0 Å². The normalized spacial score (nSPS) is 13.2. The highest BCUT2D eigenvalue weighted by atomic mass is 14.1. The van der Waals surface area contributed by atoms with Gasteiger partial charge in [0.1, 0.15) is 0 Å². The van der Waals surface area contributed by atoms with Crippen LogP contribution < -0.4 is 0 Å². The fraction of sp³-hybridized carbons (Fsp3) is 0.293. The van der Waals surface area contributed by atoms with Gasteiger partial charge in [-0.3, -0.25) is 0 Å². The topological polar surface area (TPSA) is 0 Å². The summed E-state index contributed by atoms with van der Waals surface area (Å²) < 4.78 is 0. The van der Waals surface area contributed by atoms with E-state index < -0.39 is 0 Å². The highest BCUT2D eigenvalue weighted by molar-refractivity contribution is 5.47. The van der Waals surface area contributed by atoms with Crippen molar-refractivity contribution in [1.82, 2.24) is 0 Å². The van der Waals surface area contributed by atoms with E-state index in [9.17, 15) is 0 Å². The van der Waals surface area contributed by atoms with E-state index in [2.05, 4.69) is 144 Å². The van der Waals surface area contributed by atoms with Gasteiger partial charge in [-0.15, -0.1) is 42.9 Å². The maximum Gasteiger partial charge on any atom is -0.0187 e. The molecule has 0 aliphatic heterocycles. The lowest BCUT2D eigenvalue weighted by Crippen LogP contribution is -1.97. The van der Waals surface area contributed by atoms with Crippen LogP contribution in [-0.2, 0) is 25.7 Å². The zero-order chi connectivity index (χ0) is 29.2. The number of hydrogen-bond donors (Lipinski definition) is 0. The standard InChI is InChI=1S/C20H26.C10H12.C10H11.CH4/c1-4-17-8-10-19(11-9-17)7-6-16(3)20-14-12-18(5-2)13-15-20;2*1-3-9-5-7-10(4-2)8-6-9;/h8-16H,4-7H2,1-3H3;3,5-8H,1,4H2,2H3;3-8H,1H2,2H3;1H4/q;;-1;. The lowest BCUT2D eigenvalue weighted by molar-refractivity contribution is 0.679. The molecule has 1 unspecified atom stereocenters. The first kappa shape index (κ1) is 35.3. The van der Waals surface area contributed by atoms with Gasteiger partial charge in [-0.1, -0.05) is 127 Å². The molecule has 0 aromatic heterocycles. The molecule has 1 aliphatic carbocycles. The van der Waals surface area contributed by atoms with Gasteiger partial charge in [-0.2, -0.15) is 11.6 Å². The molecule has 0 N–H and O–H groups in total. The number of benzene rings is 3. The number of hydrogen-bond acceptors (Lipinski definition) is 0. The van der Waals surface area contributed by atoms with Gasteiger partial charge in [0.25, 0.3) is 0 Å². The SMILES string of the molecule is C.C=CC1=C[CH-]C(=CC)C=C1.C=Cc1ccc(CC)cc1.CCc1ccc(CCC(C)c2ccc(CC)cc2)cc1. The fourth-order valence-corrected chi connectivity index (χ4v) is 4.29. The zero-order valence-corrected chi connectivity index (χ0v) is 25.5. The monoisotopic (exact) mass is 545 g/mol. The molecule has 3 aromatic rings. The first-order chi connectivity index (χ1) is 19.5. The molecule has 41 heavy (non-hydrogen) atoms. The van der Waals surface area contributed by atoms with Crippen LogP contribution in [0.4, 0.5) is 0 Å². The number of aryl methyl sites for hydroxylation is 4. The summed E-state index contributed by atoms with van der Waals surface area (Å²) in [4.78, 5) is 0. The van der Waals surface area contributed by atoms with Crippen LogP contribution in [0.5, 0.6) is 0 Å². The maximum absolute atomic E-state index is 3.69. The molecule has 3 aromatic carbocycles. The fourth-order valence-electron chi connectivity index (χ4n) is 4.29. The van der Waals surface area contributed by atoms with Crippen LogP contribution >= 0.6 is 0 Å². The summed E-state index contributed by atoms with van der Waals surface area (Å²) in [5.41, 5.74) is 10.8. The molecule has 4 rings (SSSR count). The van der Waals surface area contributed by atoms with E-state index in [1.807, 2.05) is 19.1 Å². The van der Waals surface area contributed by atoms with Crippen LogP contribution in [0.1, 0.15) is 87.8 Å². The van der Waals surface area contributed by atoms with Crippen LogP contribution in [0.2, 0.25) is 0 Å². The Morgan fingerprint density at radius 3 is 1.59 bits per heavy atom. The van der Waals surface area contributed by atoms with E-state index in [-0.39, 0.29) is 7.43 Å². The minimum atomic E-state index is 0. The van der Waals surface area contributed by atoms with Gasteiger partial charge in [0.05, 0.1) is 0 Å². The Bertz CT molecular complexity index is 1230. The van der Waals surface area contributed by atoms with Gasteiger partial charge in [0.15, 0.2) is 0 Å². The third-order valence-electron chi connectivity index (χ3n) is 7.38. The maximum atomic E-state index is 3.69. The summed E-state index contributed by atoms with van der Waals surface area (Å²) in [5, 5.41) is 0. The van der Waals surface area contributed by atoms with Crippen molar-refractivity contribution in [3.05, 3.63) is 167 Å². The molecule has 1 aliphatic rings. The predicted molar refractivity (Wildman–Crippen MR) is 186 cm³/mol. The first-order valence-electron chi connectivity index (χ1n) is 14.9. The largest absolute Gasteiger partial charge is 0.160 e. The molecule has 218 valence electrons. The van der Waals surface area contributed by atoms with Crippen molar-refractivity contribution in [3.8, 4) is 0 Å². The Labute approximate surface area is 253 Å². The summed E-state index contributed by atoms with van der Waals surface area (Å²) in [6.45, 7) is 18.3. The van der Waals surface area contributed by atoms with Gasteiger partial charge in [0.2, 0.25) is 0 Å². The summed E-state index contributed by atoms with van der Waals surface area (Å²) in [5.74, 6) is 0.631. The minimum Gasteiger partial charge on any atom is -0.160 e. The van der Waals surface area contributed by atoms with E-state index in [4.69, 9.17) is 0 Å². The van der Waals surface area contributed by atoms with Crippen LogP contribution in [-0.4, -0.2) is 0 Å². The third kappa shape index (κ3) is 13.0. The van der Waals surface area contributed by atoms with Gasteiger partial charge in [-0.05, 0) is 71.4 Å². The van der Waals surface area contributed by atoms with E-state index in [0.717, 1.165) is 19.3 Å². The quantitative estimate of drug-likeness (QED) is 0.235. The minimum absolute atomic E-state index is 0. The molecule has 1 atom stereocenters. The van der Waals surface area contributed by atoms with Gasteiger partial charge >= 0.3 is 0 Å². The van der Waals surface area contributed by atoms with Gasteiger partial charge in [-0.25, -0.2) is 0 Å². The lowest BCUT2D eigenvalue weighted by Gasteiger charge is -2.12. The van der Waals surface area contributed by atoms with E-state index in [1.54, 1.807) is 0 Å². The lowest BCUT2D eigenvalue weighted by atomic mass is 9.93. The molecule has 0 heteroatoms. The predicted octanol–water partition coefficient (Wildman–Crippen LogP) is 11.9. The molecule has 0 saturated carbocycles. The average Bonchev–Trinajstić information content (AvgIpc) is 3.04. The van der Waals surface area contributed by atoms with Crippen LogP contribution in [0, 0.1) is 6.42 Å². The van der Waals surface area contributed by atoms with Crippen molar-refractivity contribution < 1.29 is 0 Å². The van der Waals surface area contributed by atoms with Gasteiger partial charge in [0, 0.05) is 0 Å². The van der Waals surface area contributed by atoms with Crippen molar-refractivity contribution >= 4 is 6.08 Å². The zero-order valence-electron chi connectivity index (χ0n) is 25.5. The molecular weight excluding hydrogens is 492 g/mol. The Morgan fingerprint density at radius 1 is 0.683 bits per heavy atom.